The number of nitrogens with one attached hydrogen (secondary N) is 2. The van der Waals surface area contributed by atoms with Crippen LogP contribution in [0.4, 0.5) is 0 Å². The molecule has 0 amide bonds. The Kier molecular flexibility index (Phi) is 5.40. The highest BCUT2D eigenvalue weighted by Gasteiger charge is 2.26. The van der Waals surface area contributed by atoms with E-state index in [1.165, 1.54) is 6.42 Å². The van der Waals surface area contributed by atoms with E-state index < -0.39 is 10.0 Å². The summed E-state index contributed by atoms with van der Waals surface area (Å²) in [7, 11) is -3.46. The highest BCUT2D eigenvalue weighted by atomic mass is 32.2. The minimum absolute atomic E-state index is 0.346. The molecule has 0 spiro atoms. The number of nitrogens with zero attached hydrogens (tertiary/aromatic N) is 2. The molecule has 0 saturated heterocycles. The lowest BCUT2D eigenvalue weighted by molar-refractivity contribution is 0.316. The van der Waals surface area contributed by atoms with Crippen molar-refractivity contribution >= 4 is 10.0 Å². The van der Waals surface area contributed by atoms with Gasteiger partial charge in [0.25, 0.3) is 0 Å². The van der Waals surface area contributed by atoms with Crippen LogP contribution < -0.4 is 10.0 Å². The molecule has 0 aliphatic heterocycles. The molecule has 120 valence electrons. The lowest BCUT2D eigenvalue weighted by Gasteiger charge is -2.25. The van der Waals surface area contributed by atoms with Gasteiger partial charge in [-0.05, 0) is 39.2 Å². The van der Waals surface area contributed by atoms with Crippen molar-refractivity contribution < 1.29 is 8.42 Å². The predicted molar refractivity (Wildman–Crippen MR) is 82.8 cm³/mol. The van der Waals surface area contributed by atoms with Gasteiger partial charge in [0.15, 0.2) is 0 Å². The fourth-order valence-corrected chi connectivity index (χ4v) is 4.17. The molecule has 0 atom stereocenters. The summed E-state index contributed by atoms with van der Waals surface area (Å²) in [6.45, 7) is 8.53. The van der Waals surface area contributed by atoms with Crippen molar-refractivity contribution in [3.8, 4) is 0 Å². The van der Waals surface area contributed by atoms with Crippen LogP contribution in [0.25, 0.3) is 0 Å². The standard InChI is InChI=1S/C14H26N4O2S/c1-4-15-8-9-18-12(3)14(11(2)17-18)21(19,20)16-10-13-6-5-7-13/h13,15-16H,4-10H2,1-3H3. The van der Waals surface area contributed by atoms with Crippen LogP contribution in [0.2, 0.25) is 0 Å². The zero-order chi connectivity index (χ0) is 15.5. The van der Waals surface area contributed by atoms with E-state index in [9.17, 15) is 8.42 Å². The fourth-order valence-electron chi connectivity index (χ4n) is 2.65. The van der Waals surface area contributed by atoms with Gasteiger partial charge in [-0.2, -0.15) is 5.10 Å². The van der Waals surface area contributed by atoms with Gasteiger partial charge in [0.1, 0.15) is 4.90 Å². The number of rotatable bonds is 8. The normalized spacial score (nSPS) is 16.1. The third-order valence-electron chi connectivity index (χ3n) is 4.12. The zero-order valence-electron chi connectivity index (χ0n) is 13.1. The first-order valence-corrected chi connectivity index (χ1v) is 9.18. The largest absolute Gasteiger partial charge is 0.315 e. The quantitative estimate of drug-likeness (QED) is 0.707. The summed E-state index contributed by atoms with van der Waals surface area (Å²) in [6, 6.07) is 0. The molecular formula is C14H26N4O2S. The van der Waals surface area contributed by atoms with Gasteiger partial charge in [0.2, 0.25) is 10.0 Å². The lowest BCUT2D eigenvalue weighted by Crippen LogP contribution is -2.32. The number of hydrogen-bond donors (Lipinski definition) is 2. The van der Waals surface area contributed by atoms with Crippen LogP contribution in [-0.2, 0) is 16.6 Å². The van der Waals surface area contributed by atoms with E-state index >= 15 is 0 Å². The number of aromatic nitrogens is 2. The summed E-state index contributed by atoms with van der Waals surface area (Å²) in [5.41, 5.74) is 1.29. The van der Waals surface area contributed by atoms with Crippen molar-refractivity contribution in [2.24, 2.45) is 5.92 Å². The average Bonchev–Trinajstić information content (AvgIpc) is 2.63. The minimum atomic E-state index is -3.46. The monoisotopic (exact) mass is 314 g/mol. The van der Waals surface area contributed by atoms with E-state index in [1.54, 1.807) is 11.6 Å². The molecular weight excluding hydrogens is 288 g/mol. The maximum Gasteiger partial charge on any atom is 0.244 e. The molecule has 1 aliphatic carbocycles. The molecule has 0 unspecified atom stereocenters. The van der Waals surface area contributed by atoms with Gasteiger partial charge in [-0.25, -0.2) is 13.1 Å². The van der Waals surface area contributed by atoms with Crippen molar-refractivity contribution in [2.45, 2.75) is 51.5 Å². The van der Waals surface area contributed by atoms with Gasteiger partial charge in [-0.3, -0.25) is 4.68 Å². The van der Waals surface area contributed by atoms with Crippen molar-refractivity contribution in [3.63, 3.8) is 0 Å². The van der Waals surface area contributed by atoms with E-state index in [0.29, 0.717) is 35.3 Å². The van der Waals surface area contributed by atoms with E-state index in [2.05, 4.69) is 15.1 Å². The average molecular weight is 314 g/mol. The first kappa shape index (κ1) is 16.5. The van der Waals surface area contributed by atoms with Crippen LogP contribution in [0.1, 0.15) is 37.6 Å². The Morgan fingerprint density at radius 2 is 2.05 bits per heavy atom. The van der Waals surface area contributed by atoms with Crippen molar-refractivity contribution in [1.82, 2.24) is 19.8 Å². The number of hydrogen-bond acceptors (Lipinski definition) is 4. The zero-order valence-corrected chi connectivity index (χ0v) is 14.0. The molecule has 1 saturated carbocycles. The Hall–Kier alpha value is -0.920. The smallest absolute Gasteiger partial charge is 0.244 e. The van der Waals surface area contributed by atoms with Crippen molar-refractivity contribution in [2.75, 3.05) is 19.6 Å². The molecule has 21 heavy (non-hydrogen) atoms. The summed E-state index contributed by atoms with van der Waals surface area (Å²) < 4.78 is 29.5. The summed E-state index contributed by atoms with van der Waals surface area (Å²) in [6.07, 6.45) is 3.47. The van der Waals surface area contributed by atoms with Crippen LogP contribution in [0.3, 0.4) is 0 Å². The molecule has 2 rings (SSSR count). The van der Waals surface area contributed by atoms with E-state index in [1.807, 2.05) is 13.8 Å². The molecule has 1 aromatic heterocycles. The highest BCUT2D eigenvalue weighted by Crippen LogP contribution is 2.26. The molecule has 1 aliphatic rings. The van der Waals surface area contributed by atoms with Crippen LogP contribution >= 0.6 is 0 Å². The maximum absolute atomic E-state index is 12.5. The number of likely N-dealkylation sites (N-methyl/N-ethyl adjacent to an activating group) is 1. The first-order chi connectivity index (χ1) is 9.95. The van der Waals surface area contributed by atoms with Crippen molar-refractivity contribution in [3.05, 3.63) is 11.4 Å². The Bertz CT molecular complexity index is 576. The molecule has 0 aromatic carbocycles. The molecule has 1 fully saturated rings. The van der Waals surface area contributed by atoms with Crippen molar-refractivity contribution in [1.29, 1.82) is 0 Å². The van der Waals surface area contributed by atoms with Gasteiger partial charge >= 0.3 is 0 Å². The lowest BCUT2D eigenvalue weighted by atomic mass is 9.86. The second-order valence-electron chi connectivity index (χ2n) is 5.73. The molecule has 1 aromatic rings. The van der Waals surface area contributed by atoms with Crippen LogP contribution in [0.5, 0.6) is 0 Å². The van der Waals surface area contributed by atoms with Gasteiger partial charge in [0, 0.05) is 13.1 Å². The van der Waals surface area contributed by atoms with Crippen LogP contribution in [-0.4, -0.2) is 37.8 Å². The fraction of sp³-hybridized carbons (Fsp3) is 0.786. The van der Waals surface area contributed by atoms with Crippen LogP contribution in [0.15, 0.2) is 4.90 Å². The topological polar surface area (TPSA) is 76.0 Å². The van der Waals surface area contributed by atoms with E-state index in [-0.39, 0.29) is 0 Å². The van der Waals surface area contributed by atoms with E-state index in [4.69, 9.17) is 0 Å². The molecule has 7 heteroatoms. The predicted octanol–water partition coefficient (Wildman–Crippen LogP) is 1.19. The third-order valence-corrected chi connectivity index (χ3v) is 5.80. The highest BCUT2D eigenvalue weighted by molar-refractivity contribution is 7.89. The second kappa shape index (κ2) is 6.89. The number of sulfonamides is 1. The van der Waals surface area contributed by atoms with Gasteiger partial charge < -0.3 is 5.32 Å². The molecule has 2 N–H and O–H groups in total. The Labute approximate surface area is 127 Å². The third kappa shape index (κ3) is 3.84. The van der Waals surface area contributed by atoms with Gasteiger partial charge in [-0.15, -0.1) is 0 Å². The summed E-state index contributed by atoms with van der Waals surface area (Å²) in [4.78, 5) is 0.346. The first-order valence-electron chi connectivity index (χ1n) is 7.70. The number of aryl methyl sites for hydroxylation is 1. The van der Waals surface area contributed by atoms with Gasteiger partial charge in [0.05, 0.1) is 17.9 Å². The summed E-state index contributed by atoms with van der Waals surface area (Å²) >= 11 is 0. The SMILES string of the molecule is CCNCCn1nc(C)c(S(=O)(=O)NCC2CCC2)c1C. The minimum Gasteiger partial charge on any atom is -0.315 e. The van der Waals surface area contributed by atoms with E-state index in [0.717, 1.165) is 25.9 Å². The summed E-state index contributed by atoms with van der Waals surface area (Å²) in [5, 5.41) is 7.59. The van der Waals surface area contributed by atoms with Gasteiger partial charge in [-0.1, -0.05) is 13.3 Å². The Balaban J connectivity index is 2.09. The summed E-state index contributed by atoms with van der Waals surface area (Å²) in [5.74, 6) is 0.504. The molecule has 0 radical (unpaired) electrons. The van der Waals surface area contributed by atoms with Crippen LogP contribution in [0, 0.1) is 19.8 Å². The Morgan fingerprint density at radius 3 is 2.62 bits per heavy atom. The molecule has 0 bridgehead atoms. The second-order valence-corrected chi connectivity index (χ2v) is 7.43. The Morgan fingerprint density at radius 1 is 1.33 bits per heavy atom. The molecule has 6 nitrogen and oxygen atoms in total. The molecule has 1 heterocycles. The maximum atomic E-state index is 12.5.